The van der Waals surface area contributed by atoms with Gasteiger partial charge in [-0.25, -0.2) is 4.39 Å². The summed E-state index contributed by atoms with van der Waals surface area (Å²) in [5.74, 6) is -0.594. The molecule has 0 aliphatic rings. The third kappa shape index (κ3) is 5.39. The fourth-order valence-electron chi connectivity index (χ4n) is 1.97. The number of benzene rings is 2. The second-order valence-electron chi connectivity index (χ2n) is 4.89. The van der Waals surface area contributed by atoms with E-state index >= 15 is 0 Å². The zero-order valence-corrected chi connectivity index (χ0v) is 12.3. The number of nitrogens with zero attached hydrogens (tertiary/aromatic N) is 1. The molecule has 0 aliphatic carbocycles. The number of carbonyl (C=O) groups excluding carboxylic acids is 1. The number of nitro groups is 1. The van der Waals surface area contributed by atoms with Crippen LogP contribution in [0.4, 0.5) is 21.5 Å². The van der Waals surface area contributed by atoms with Gasteiger partial charge in [0.25, 0.3) is 5.69 Å². The second kappa shape index (κ2) is 7.88. The van der Waals surface area contributed by atoms with E-state index in [1.807, 2.05) is 0 Å². The highest BCUT2D eigenvalue weighted by Gasteiger charge is 2.05. The van der Waals surface area contributed by atoms with E-state index in [-0.39, 0.29) is 18.0 Å². The molecule has 0 fully saturated rings. The van der Waals surface area contributed by atoms with E-state index < -0.39 is 10.7 Å². The maximum Gasteiger partial charge on any atom is 0.269 e. The number of hydrogen-bond donors (Lipinski definition) is 2. The second-order valence-corrected chi connectivity index (χ2v) is 4.89. The summed E-state index contributed by atoms with van der Waals surface area (Å²) in [7, 11) is 0. The van der Waals surface area contributed by atoms with Crippen LogP contribution in [-0.2, 0) is 4.79 Å². The molecule has 0 heterocycles. The summed E-state index contributed by atoms with van der Waals surface area (Å²) in [6, 6.07) is 11.8. The van der Waals surface area contributed by atoms with E-state index in [1.165, 1.54) is 30.3 Å². The predicted octanol–water partition coefficient (Wildman–Crippen LogP) is 3.56. The Morgan fingerprint density at radius 1 is 1.13 bits per heavy atom. The molecule has 7 heteroatoms. The molecule has 2 aromatic rings. The van der Waals surface area contributed by atoms with E-state index in [0.717, 1.165) is 5.69 Å². The number of halogens is 1. The molecule has 0 bridgehead atoms. The molecule has 120 valence electrons. The van der Waals surface area contributed by atoms with Gasteiger partial charge >= 0.3 is 0 Å². The Labute approximate surface area is 132 Å². The van der Waals surface area contributed by atoms with Crippen LogP contribution in [0.15, 0.2) is 48.5 Å². The van der Waals surface area contributed by atoms with Gasteiger partial charge in [-0.3, -0.25) is 14.9 Å². The number of nitro benzene ring substituents is 1. The van der Waals surface area contributed by atoms with Gasteiger partial charge in [0.15, 0.2) is 0 Å². The summed E-state index contributed by atoms with van der Waals surface area (Å²) in [5.41, 5.74) is 1.21. The van der Waals surface area contributed by atoms with Gasteiger partial charge in [0.05, 0.1) is 4.92 Å². The molecule has 2 aromatic carbocycles. The van der Waals surface area contributed by atoms with Crippen molar-refractivity contribution in [2.45, 2.75) is 12.8 Å². The molecule has 0 radical (unpaired) electrons. The summed E-state index contributed by atoms with van der Waals surface area (Å²) >= 11 is 0. The van der Waals surface area contributed by atoms with Crippen LogP contribution in [0, 0.1) is 15.9 Å². The van der Waals surface area contributed by atoms with Crippen LogP contribution in [0.2, 0.25) is 0 Å². The quantitative estimate of drug-likeness (QED) is 0.464. The predicted molar refractivity (Wildman–Crippen MR) is 85.8 cm³/mol. The van der Waals surface area contributed by atoms with Gasteiger partial charge in [-0.05, 0) is 36.8 Å². The number of hydrogen-bond acceptors (Lipinski definition) is 4. The van der Waals surface area contributed by atoms with E-state index in [0.29, 0.717) is 18.7 Å². The number of rotatable bonds is 7. The van der Waals surface area contributed by atoms with Gasteiger partial charge in [-0.1, -0.05) is 6.07 Å². The molecule has 2 rings (SSSR count). The maximum atomic E-state index is 13.0. The highest BCUT2D eigenvalue weighted by molar-refractivity contribution is 5.90. The summed E-state index contributed by atoms with van der Waals surface area (Å²) in [4.78, 5) is 21.8. The summed E-state index contributed by atoms with van der Waals surface area (Å²) in [6.07, 6.45) is 0.870. The first-order valence-corrected chi connectivity index (χ1v) is 7.08. The largest absolute Gasteiger partial charge is 0.385 e. The SMILES string of the molecule is O=C(CCCNc1ccc([N+](=O)[O-])cc1)Nc1cccc(F)c1. The van der Waals surface area contributed by atoms with E-state index in [9.17, 15) is 19.3 Å². The lowest BCUT2D eigenvalue weighted by Gasteiger charge is -2.07. The third-order valence-corrected chi connectivity index (χ3v) is 3.10. The first-order chi connectivity index (χ1) is 11.0. The normalized spacial score (nSPS) is 10.1. The van der Waals surface area contributed by atoms with Crippen molar-refractivity contribution in [1.29, 1.82) is 0 Å². The summed E-state index contributed by atoms with van der Waals surface area (Å²) in [6.45, 7) is 0.550. The molecule has 6 nitrogen and oxygen atoms in total. The highest BCUT2D eigenvalue weighted by atomic mass is 19.1. The summed E-state index contributed by atoms with van der Waals surface area (Å²) < 4.78 is 13.0. The molecule has 0 aromatic heterocycles. The molecule has 0 saturated heterocycles. The van der Waals surface area contributed by atoms with Crippen LogP contribution >= 0.6 is 0 Å². The minimum Gasteiger partial charge on any atom is -0.385 e. The molecular weight excluding hydrogens is 301 g/mol. The standard InChI is InChI=1S/C16H16FN3O3/c17-12-3-1-4-14(11-12)19-16(21)5-2-10-18-13-6-8-15(9-7-13)20(22)23/h1,3-4,6-9,11,18H,2,5,10H2,(H,19,21). The average Bonchev–Trinajstić information content (AvgIpc) is 2.52. The van der Waals surface area contributed by atoms with Crippen molar-refractivity contribution < 1.29 is 14.1 Å². The number of amides is 1. The van der Waals surface area contributed by atoms with Gasteiger partial charge in [0.2, 0.25) is 5.91 Å². The van der Waals surface area contributed by atoms with Crippen LogP contribution in [-0.4, -0.2) is 17.4 Å². The van der Waals surface area contributed by atoms with E-state index in [4.69, 9.17) is 0 Å². The lowest BCUT2D eigenvalue weighted by Crippen LogP contribution is -2.13. The van der Waals surface area contributed by atoms with E-state index in [2.05, 4.69) is 10.6 Å². The molecule has 23 heavy (non-hydrogen) atoms. The molecule has 0 spiro atoms. The molecule has 0 unspecified atom stereocenters. The number of anilines is 2. The van der Waals surface area contributed by atoms with Gasteiger partial charge in [-0.15, -0.1) is 0 Å². The van der Waals surface area contributed by atoms with E-state index in [1.54, 1.807) is 18.2 Å². The molecule has 2 N–H and O–H groups in total. The zero-order valence-electron chi connectivity index (χ0n) is 12.3. The third-order valence-electron chi connectivity index (χ3n) is 3.10. The fourth-order valence-corrected chi connectivity index (χ4v) is 1.97. The van der Waals surface area contributed by atoms with Gasteiger partial charge < -0.3 is 10.6 Å². The molecule has 0 aliphatic heterocycles. The number of nitrogens with one attached hydrogen (secondary N) is 2. The fraction of sp³-hybridized carbons (Fsp3) is 0.188. The minimum absolute atomic E-state index is 0.0324. The van der Waals surface area contributed by atoms with Crippen LogP contribution in [0.5, 0.6) is 0 Å². The van der Waals surface area contributed by atoms with Crippen molar-refractivity contribution in [3.63, 3.8) is 0 Å². The Bertz CT molecular complexity index is 689. The van der Waals surface area contributed by atoms with Crippen LogP contribution in [0.25, 0.3) is 0 Å². The Balaban J connectivity index is 1.70. The van der Waals surface area contributed by atoms with Crippen LogP contribution in [0.3, 0.4) is 0 Å². The first kappa shape index (κ1) is 16.4. The molecule has 1 amide bonds. The Hall–Kier alpha value is -2.96. The smallest absolute Gasteiger partial charge is 0.269 e. The van der Waals surface area contributed by atoms with Crippen molar-refractivity contribution in [3.05, 3.63) is 64.5 Å². The van der Waals surface area contributed by atoms with Crippen LogP contribution < -0.4 is 10.6 Å². The molecule has 0 saturated carbocycles. The first-order valence-electron chi connectivity index (χ1n) is 7.08. The molecule has 0 atom stereocenters. The van der Waals surface area contributed by atoms with Crippen molar-refractivity contribution in [1.82, 2.24) is 0 Å². The Kier molecular flexibility index (Phi) is 5.62. The Morgan fingerprint density at radius 3 is 2.52 bits per heavy atom. The topological polar surface area (TPSA) is 84.3 Å². The monoisotopic (exact) mass is 317 g/mol. The lowest BCUT2D eigenvalue weighted by molar-refractivity contribution is -0.384. The van der Waals surface area contributed by atoms with Gasteiger partial charge in [0, 0.05) is 36.5 Å². The molecular formula is C16H16FN3O3. The van der Waals surface area contributed by atoms with Crippen molar-refractivity contribution in [3.8, 4) is 0 Å². The van der Waals surface area contributed by atoms with Crippen LogP contribution in [0.1, 0.15) is 12.8 Å². The maximum absolute atomic E-state index is 13.0. The lowest BCUT2D eigenvalue weighted by atomic mass is 10.2. The van der Waals surface area contributed by atoms with Crippen molar-refractivity contribution in [2.75, 3.05) is 17.2 Å². The minimum atomic E-state index is -0.458. The van der Waals surface area contributed by atoms with Gasteiger partial charge in [0.1, 0.15) is 5.82 Å². The average molecular weight is 317 g/mol. The van der Waals surface area contributed by atoms with Crippen molar-refractivity contribution in [2.24, 2.45) is 0 Å². The zero-order chi connectivity index (χ0) is 16.7. The Morgan fingerprint density at radius 2 is 1.87 bits per heavy atom. The number of carbonyl (C=O) groups is 1. The van der Waals surface area contributed by atoms with Crippen molar-refractivity contribution >= 4 is 23.0 Å². The number of non-ortho nitro benzene ring substituents is 1. The van der Waals surface area contributed by atoms with Gasteiger partial charge in [-0.2, -0.15) is 0 Å². The summed E-state index contributed by atoms with van der Waals surface area (Å²) in [5, 5.41) is 16.2. The highest BCUT2D eigenvalue weighted by Crippen LogP contribution is 2.15.